The summed E-state index contributed by atoms with van der Waals surface area (Å²) in [6.07, 6.45) is 5.73. The molecule has 58 heavy (non-hydrogen) atoms. The lowest BCUT2D eigenvalue weighted by Gasteiger charge is -2.26. The third-order valence-corrected chi connectivity index (χ3v) is 10.7. The number of rotatable bonds is 17. The number of carbonyl (C=O) groups excluding carboxylic acids is 1. The first-order valence-electron chi connectivity index (χ1n) is 19.6. The summed E-state index contributed by atoms with van der Waals surface area (Å²) < 4.78 is 30.0. The highest BCUT2D eigenvalue weighted by molar-refractivity contribution is 7.61. The fourth-order valence-electron chi connectivity index (χ4n) is 6.66. The first-order chi connectivity index (χ1) is 27.9. The Morgan fingerprint density at radius 2 is 1.69 bits per heavy atom. The van der Waals surface area contributed by atoms with Crippen molar-refractivity contribution in [2.75, 3.05) is 69.2 Å². The minimum Gasteiger partial charge on any atom is -0.497 e. The molecule has 5 aromatic rings. The van der Waals surface area contributed by atoms with Gasteiger partial charge < -0.3 is 40.1 Å². The number of urea groups is 1. The fraction of sp³-hybridized carbons (Fsp3) is 0.311. The minimum absolute atomic E-state index is 0.0570. The van der Waals surface area contributed by atoms with Crippen molar-refractivity contribution in [3.05, 3.63) is 120 Å². The number of methoxy groups -OCH3 is 1. The molecule has 4 aromatic carbocycles. The van der Waals surface area contributed by atoms with Gasteiger partial charge >= 0.3 is 6.03 Å². The molecule has 1 fully saturated rings. The first kappa shape index (κ1) is 41.9. The molecule has 1 aliphatic heterocycles. The quantitative estimate of drug-likeness (QED) is 0.0457. The highest BCUT2D eigenvalue weighted by Gasteiger charge is 2.15. The van der Waals surface area contributed by atoms with Gasteiger partial charge in [0, 0.05) is 65.4 Å². The number of aryl methyl sites for hydroxylation is 1. The summed E-state index contributed by atoms with van der Waals surface area (Å²) in [5, 5.41) is 22.6. The van der Waals surface area contributed by atoms with E-state index in [1.807, 2.05) is 80.6 Å². The maximum Gasteiger partial charge on any atom is 0.324 e. The molecule has 12 nitrogen and oxygen atoms in total. The van der Waals surface area contributed by atoms with E-state index in [9.17, 15) is 9.36 Å². The summed E-state index contributed by atoms with van der Waals surface area (Å²) in [6, 6.07) is 28.2. The van der Waals surface area contributed by atoms with Crippen molar-refractivity contribution in [3.8, 4) is 17.2 Å². The molecule has 1 aliphatic rings. The van der Waals surface area contributed by atoms with E-state index in [1.165, 1.54) is 5.56 Å². The van der Waals surface area contributed by atoms with Crippen LogP contribution in [0.5, 0.6) is 17.2 Å². The van der Waals surface area contributed by atoms with Gasteiger partial charge in [-0.3, -0.25) is 10.2 Å². The topological polar surface area (TPSA) is 150 Å². The van der Waals surface area contributed by atoms with Crippen molar-refractivity contribution in [1.82, 2.24) is 15.2 Å². The van der Waals surface area contributed by atoms with Gasteiger partial charge in [-0.2, -0.15) is 0 Å². The summed E-state index contributed by atoms with van der Waals surface area (Å²) in [6.45, 7) is 12.0. The van der Waals surface area contributed by atoms with Gasteiger partial charge in [0.25, 0.3) is 0 Å². The Morgan fingerprint density at radius 1 is 0.914 bits per heavy atom. The fourth-order valence-corrected chi connectivity index (χ4v) is 7.73. The van der Waals surface area contributed by atoms with E-state index >= 15 is 0 Å². The number of hydrogen-bond acceptors (Lipinski definition) is 10. The van der Waals surface area contributed by atoms with Crippen LogP contribution >= 0.6 is 7.14 Å². The van der Waals surface area contributed by atoms with Crippen molar-refractivity contribution in [1.29, 1.82) is 5.41 Å². The monoisotopic (exact) mass is 803 g/mol. The Labute approximate surface area is 341 Å². The van der Waals surface area contributed by atoms with Crippen LogP contribution in [0.1, 0.15) is 31.4 Å². The Kier molecular flexibility index (Phi) is 14.2. The Hall–Kier alpha value is -5.68. The smallest absolute Gasteiger partial charge is 0.324 e. The molecule has 1 saturated heterocycles. The number of nitrogens with zero attached hydrogens (tertiary/aromatic N) is 2. The maximum absolute atomic E-state index is 13.5. The van der Waals surface area contributed by atoms with E-state index < -0.39 is 13.2 Å². The summed E-state index contributed by atoms with van der Waals surface area (Å²) in [4.78, 5) is 20.5. The summed E-state index contributed by atoms with van der Waals surface area (Å²) in [7, 11) is -0.612. The van der Waals surface area contributed by atoms with Gasteiger partial charge in [-0.1, -0.05) is 50.2 Å². The number of benzene rings is 4. The molecular weight excluding hydrogens is 750 g/mol. The minimum atomic E-state index is -2.29. The van der Waals surface area contributed by atoms with Crippen molar-refractivity contribution in [2.45, 2.75) is 32.9 Å². The molecule has 0 bridgehead atoms. The number of carbonyl (C=O) groups is 1. The van der Waals surface area contributed by atoms with E-state index in [0.29, 0.717) is 46.4 Å². The van der Waals surface area contributed by atoms with Gasteiger partial charge in [-0.15, -0.1) is 0 Å². The highest BCUT2D eigenvalue weighted by Crippen LogP contribution is 2.41. The lowest BCUT2D eigenvalue weighted by atomic mass is 10.1. The number of pyridine rings is 1. The molecule has 5 N–H and O–H groups in total. The number of nitrogens with one attached hydrogen (secondary N) is 5. The van der Waals surface area contributed by atoms with Crippen LogP contribution in [0.3, 0.4) is 0 Å². The predicted molar refractivity (Wildman–Crippen MR) is 236 cm³/mol. The van der Waals surface area contributed by atoms with E-state index in [0.717, 1.165) is 73.5 Å². The Balaban J connectivity index is 1.14. The van der Waals surface area contributed by atoms with Crippen molar-refractivity contribution >= 4 is 52.5 Å². The first-order valence-corrected chi connectivity index (χ1v) is 22.4. The average molecular weight is 804 g/mol. The standard InChI is InChI=1S/C45H54N7O5P/c1-31(2)40(46)29-44(48-34-12-8-10-33(25-34)30-58(4,5)54)51-45(53)50-41-15-16-42(39-14-7-6-13-38(39)41)57-36-17-18-47-43(28-36)49-35-24-32(26-37(27-35)55-3)11-9-19-52-20-22-56-23-21-52/h6-8,10,12-18,24-29,31,46,48H,9,11,19-23,30H2,1-5H3,(H,47,49)(H2,50,51,53)/b44-29+,46-40?. The molecule has 1 aromatic heterocycles. The summed E-state index contributed by atoms with van der Waals surface area (Å²) in [5.41, 5.74) is 4.61. The lowest BCUT2D eigenvalue weighted by Crippen LogP contribution is -2.36. The molecule has 0 saturated carbocycles. The molecule has 2 heterocycles. The van der Waals surface area contributed by atoms with E-state index in [4.69, 9.17) is 19.6 Å². The largest absolute Gasteiger partial charge is 0.497 e. The molecule has 2 amide bonds. The van der Waals surface area contributed by atoms with Crippen LogP contribution in [-0.4, -0.2) is 74.9 Å². The van der Waals surface area contributed by atoms with E-state index in [1.54, 1.807) is 44.8 Å². The average Bonchev–Trinajstić information content (AvgIpc) is 3.18. The SMILES string of the molecule is COc1cc(CCCN2CCOCC2)cc(Nc2cc(Oc3ccc(NC(=O)N/C(=C/C(=N)C(C)C)Nc4cccc(CP(C)(C)=O)c4)c4ccccc34)ccn2)c1. The number of ether oxygens (including phenoxy) is 3. The van der Waals surface area contributed by atoms with Crippen LogP contribution in [0.2, 0.25) is 0 Å². The summed E-state index contributed by atoms with van der Waals surface area (Å²) >= 11 is 0. The molecule has 304 valence electrons. The number of amides is 2. The molecule has 0 atom stereocenters. The second-order valence-corrected chi connectivity index (χ2v) is 18.7. The third kappa shape index (κ3) is 12.4. The van der Waals surface area contributed by atoms with Gasteiger partial charge in [0.1, 0.15) is 28.9 Å². The zero-order valence-electron chi connectivity index (χ0n) is 33.9. The van der Waals surface area contributed by atoms with Gasteiger partial charge in [-0.05, 0) is 98.3 Å². The van der Waals surface area contributed by atoms with Gasteiger partial charge in [0.05, 0.1) is 33.2 Å². The number of allylic oxidation sites excluding steroid dienone is 1. The number of aromatic nitrogens is 1. The molecule has 0 radical (unpaired) electrons. The van der Waals surface area contributed by atoms with E-state index in [2.05, 4.69) is 43.3 Å². The molecule has 0 aliphatic carbocycles. The van der Waals surface area contributed by atoms with Crippen LogP contribution in [0, 0.1) is 11.3 Å². The number of anilines is 4. The summed E-state index contributed by atoms with van der Waals surface area (Å²) in [5.74, 6) is 2.88. The van der Waals surface area contributed by atoms with Crippen molar-refractivity contribution in [2.24, 2.45) is 5.92 Å². The van der Waals surface area contributed by atoms with Crippen LogP contribution in [0.15, 0.2) is 109 Å². The second kappa shape index (κ2) is 19.7. The highest BCUT2D eigenvalue weighted by atomic mass is 31.2. The van der Waals surface area contributed by atoms with Gasteiger partial charge in [0.2, 0.25) is 0 Å². The van der Waals surface area contributed by atoms with Crippen molar-refractivity contribution < 1.29 is 23.6 Å². The number of fused-ring (bicyclic) bond motifs is 1. The maximum atomic E-state index is 13.5. The lowest BCUT2D eigenvalue weighted by molar-refractivity contribution is 0.0374. The molecule has 6 rings (SSSR count). The number of morpholine rings is 1. The predicted octanol–water partition coefficient (Wildman–Crippen LogP) is 9.92. The van der Waals surface area contributed by atoms with E-state index in [-0.39, 0.29) is 5.92 Å². The van der Waals surface area contributed by atoms with Gasteiger partial charge in [0.15, 0.2) is 0 Å². The Morgan fingerprint density at radius 3 is 2.45 bits per heavy atom. The molecular formula is C45H54N7O5P. The van der Waals surface area contributed by atoms with Crippen LogP contribution in [0.4, 0.5) is 27.7 Å². The third-order valence-electron chi connectivity index (χ3n) is 9.55. The molecule has 0 unspecified atom stereocenters. The van der Waals surface area contributed by atoms with Crippen LogP contribution in [0.25, 0.3) is 10.8 Å². The number of hydrogen-bond donors (Lipinski definition) is 5. The van der Waals surface area contributed by atoms with Crippen LogP contribution in [-0.2, 0) is 21.9 Å². The molecule has 0 spiro atoms. The van der Waals surface area contributed by atoms with Crippen molar-refractivity contribution in [3.63, 3.8) is 0 Å². The molecule has 13 heteroatoms. The zero-order chi connectivity index (χ0) is 41.1. The second-order valence-electron chi connectivity index (χ2n) is 15.2. The Bertz CT molecular complexity index is 2300. The zero-order valence-corrected chi connectivity index (χ0v) is 34.8. The normalized spacial score (nSPS) is 13.6. The van der Waals surface area contributed by atoms with Gasteiger partial charge in [-0.25, -0.2) is 9.78 Å². The van der Waals surface area contributed by atoms with Crippen LogP contribution < -0.4 is 30.7 Å².